The Morgan fingerprint density at radius 3 is 1.91 bits per heavy atom. The lowest BCUT2D eigenvalue weighted by Crippen LogP contribution is -2.51. The second kappa shape index (κ2) is 7.65. The summed E-state index contributed by atoms with van der Waals surface area (Å²) in [6.45, 7) is 1.36. The van der Waals surface area contributed by atoms with Crippen molar-refractivity contribution in [3.8, 4) is 0 Å². The van der Waals surface area contributed by atoms with Crippen molar-refractivity contribution >= 4 is 24.2 Å². The van der Waals surface area contributed by atoms with Gasteiger partial charge in [-0.2, -0.15) is 13.2 Å². The highest BCUT2D eigenvalue weighted by Crippen LogP contribution is 2.29. The van der Waals surface area contributed by atoms with Gasteiger partial charge in [0.25, 0.3) is 5.91 Å². The molecule has 2 N–H and O–H groups in total. The largest absolute Gasteiger partial charge is 0.416 e. The summed E-state index contributed by atoms with van der Waals surface area (Å²) in [5, 5.41) is 0. The van der Waals surface area contributed by atoms with E-state index in [-0.39, 0.29) is 36.3 Å². The predicted octanol–water partition coefficient (Wildman–Crippen LogP) is 1.37. The maximum Gasteiger partial charge on any atom is 0.416 e. The summed E-state index contributed by atoms with van der Waals surface area (Å²) >= 11 is 0. The van der Waals surface area contributed by atoms with E-state index in [9.17, 15) is 22.8 Å². The Kier molecular flexibility index (Phi) is 6.40. The molecule has 0 aliphatic carbocycles. The SMILES string of the molecule is Cl.NCC(=O)N1CCN(C(=O)c2ccc(C(F)(F)F)cc2)CC1. The smallest absolute Gasteiger partial charge is 0.338 e. The lowest BCUT2D eigenvalue weighted by Gasteiger charge is -2.34. The first-order chi connectivity index (χ1) is 10.3. The van der Waals surface area contributed by atoms with Gasteiger partial charge in [0.2, 0.25) is 5.91 Å². The van der Waals surface area contributed by atoms with Gasteiger partial charge in [-0.3, -0.25) is 9.59 Å². The summed E-state index contributed by atoms with van der Waals surface area (Å²) in [7, 11) is 0. The summed E-state index contributed by atoms with van der Waals surface area (Å²) in [5.74, 6) is -0.518. The molecule has 1 fully saturated rings. The number of piperazine rings is 1. The van der Waals surface area contributed by atoms with Crippen LogP contribution in [0.4, 0.5) is 13.2 Å². The minimum absolute atomic E-state index is 0. The summed E-state index contributed by atoms with van der Waals surface area (Å²) < 4.78 is 37.5. The van der Waals surface area contributed by atoms with Crippen LogP contribution in [0, 0.1) is 0 Å². The van der Waals surface area contributed by atoms with Crippen LogP contribution in [0.15, 0.2) is 24.3 Å². The number of rotatable bonds is 2. The van der Waals surface area contributed by atoms with Crippen LogP contribution < -0.4 is 5.73 Å². The molecule has 5 nitrogen and oxygen atoms in total. The van der Waals surface area contributed by atoms with Crippen LogP contribution in [0.5, 0.6) is 0 Å². The number of benzene rings is 1. The van der Waals surface area contributed by atoms with Gasteiger partial charge < -0.3 is 15.5 Å². The molecule has 0 unspecified atom stereocenters. The lowest BCUT2D eigenvalue weighted by atomic mass is 10.1. The van der Waals surface area contributed by atoms with E-state index in [1.54, 1.807) is 4.90 Å². The molecule has 1 aliphatic rings. The first kappa shape index (κ1) is 19.2. The fraction of sp³-hybridized carbons (Fsp3) is 0.429. The van der Waals surface area contributed by atoms with E-state index >= 15 is 0 Å². The Labute approximate surface area is 137 Å². The molecule has 0 spiro atoms. The van der Waals surface area contributed by atoms with Crippen molar-refractivity contribution in [2.45, 2.75) is 6.18 Å². The first-order valence-corrected chi connectivity index (χ1v) is 6.77. The van der Waals surface area contributed by atoms with Crippen LogP contribution in [-0.4, -0.2) is 54.3 Å². The molecule has 2 rings (SSSR count). The highest BCUT2D eigenvalue weighted by molar-refractivity contribution is 5.94. The van der Waals surface area contributed by atoms with Gasteiger partial charge in [0.15, 0.2) is 0 Å². The Morgan fingerprint density at radius 2 is 1.48 bits per heavy atom. The molecule has 0 atom stereocenters. The molecule has 2 amide bonds. The van der Waals surface area contributed by atoms with Crippen molar-refractivity contribution in [1.29, 1.82) is 0 Å². The minimum Gasteiger partial charge on any atom is -0.338 e. The number of halogens is 4. The fourth-order valence-electron chi connectivity index (χ4n) is 2.27. The number of hydrogen-bond donors (Lipinski definition) is 1. The van der Waals surface area contributed by atoms with E-state index in [1.165, 1.54) is 17.0 Å². The van der Waals surface area contributed by atoms with E-state index in [0.717, 1.165) is 12.1 Å². The van der Waals surface area contributed by atoms with E-state index in [2.05, 4.69) is 0 Å². The summed E-state index contributed by atoms with van der Waals surface area (Å²) in [6.07, 6.45) is -4.42. The molecule has 0 radical (unpaired) electrons. The van der Waals surface area contributed by atoms with Gasteiger partial charge in [0.1, 0.15) is 0 Å². The third kappa shape index (κ3) is 4.59. The van der Waals surface area contributed by atoms with Crippen molar-refractivity contribution in [1.82, 2.24) is 9.80 Å². The van der Waals surface area contributed by atoms with Gasteiger partial charge in [-0.25, -0.2) is 0 Å². The molecule has 128 valence electrons. The average Bonchev–Trinajstić information content (AvgIpc) is 2.53. The number of hydrogen-bond acceptors (Lipinski definition) is 3. The highest BCUT2D eigenvalue weighted by atomic mass is 35.5. The van der Waals surface area contributed by atoms with Crippen molar-refractivity contribution < 1.29 is 22.8 Å². The second-order valence-corrected chi connectivity index (χ2v) is 4.95. The van der Waals surface area contributed by atoms with E-state index in [4.69, 9.17) is 5.73 Å². The third-order valence-corrected chi connectivity index (χ3v) is 3.55. The van der Waals surface area contributed by atoms with Crippen LogP contribution in [0.1, 0.15) is 15.9 Å². The number of carbonyl (C=O) groups is 2. The molecule has 9 heteroatoms. The van der Waals surface area contributed by atoms with E-state index in [0.29, 0.717) is 26.2 Å². The highest BCUT2D eigenvalue weighted by Gasteiger charge is 2.31. The van der Waals surface area contributed by atoms with E-state index in [1.807, 2.05) is 0 Å². The van der Waals surface area contributed by atoms with Crippen LogP contribution >= 0.6 is 12.4 Å². The summed E-state index contributed by atoms with van der Waals surface area (Å²) in [6, 6.07) is 4.12. The molecule has 0 saturated carbocycles. The predicted molar refractivity (Wildman–Crippen MR) is 80.2 cm³/mol. The number of nitrogens with zero attached hydrogens (tertiary/aromatic N) is 2. The van der Waals surface area contributed by atoms with Crippen LogP contribution in [0.3, 0.4) is 0 Å². The molecule has 23 heavy (non-hydrogen) atoms. The fourth-order valence-corrected chi connectivity index (χ4v) is 2.27. The first-order valence-electron chi connectivity index (χ1n) is 6.77. The van der Waals surface area contributed by atoms with Gasteiger partial charge in [-0.15, -0.1) is 12.4 Å². The Bertz CT molecular complexity index is 555. The molecule has 0 aromatic heterocycles. The zero-order valence-corrected chi connectivity index (χ0v) is 13.0. The zero-order chi connectivity index (χ0) is 16.3. The van der Waals surface area contributed by atoms with Gasteiger partial charge in [0, 0.05) is 31.7 Å². The standard InChI is InChI=1S/C14H16F3N3O2.ClH/c15-14(16,17)11-3-1-10(2-4-11)13(22)20-7-5-19(6-8-20)12(21)9-18;/h1-4H,5-9,18H2;1H. The molecule has 1 aromatic carbocycles. The topological polar surface area (TPSA) is 66.6 Å². The average molecular weight is 352 g/mol. The second-order valence-electron chi connectivity index (χ2n) is 4.95. The molecule has 1 saturated heterocycles. The molecular weight excluding hydrogens is 335 g/mol. The van der Waals surface area contributed by atoms with Gasteiger partial charge in [-0.1, -0.05) is 0 Å². The Morgan fingerprint density at radius 1 is 1.00 bits per heavy atom. The van der Waals surface area contributed by atoms with Gasteiger partial charge in [0.05, 0.1) is 12.1 Å². The van der Waals surface area contributed by atoms with Crippen LogP contribution in [-0.2, 0) is 11.0 Å². The quantitative estimate of drug-likeness (QED) is 0.875. The number of amides is 2. The Balaban J connectivity index is 0.00000264. The number of alkyl halides is 3. The maximum absolute atomic E-state index is 12.5. The van der Waals surface area contributed by atoms with Crippen LogP contribution in [0.2, 0.25) is 0 Å². The van der Waals surface area contributed by atoms with Gasteiger partial charge >= 0.3 is 6.18 Å². The van der Waals surface area contributed by atoms with Gasteiger partial charge in [-0.05, 0) is 24.3 Å². The van der Waals surface area contributed by atoms with Crippen molar-refractivity contribution in [2.24, 2.45) is 5.73 Å². The number of nitrogens with two attached hydrogens (primary N) is 1. The Hall–Kier alpha value is -1.80. The minimum atomic E-state index is -4.42. The molecule has 1 aromatic rings. The number of carbonyl (C=O) groups excluding carboxylic acids is 2. The van der Waals surface area contributed by atoms with Crippen molar-refractivity contribution in [3.63, 3.8) is 0 Å². The molecule has 1 heterocycles. The normalized spacial score (nSPS) is 15.1. The van der Waals surface area contributed by atoms with Crippen molar-refractivity contribution in [2.75, 3.05) is 32.7 Å². The van der Waals surface area contributed by atoms with E-state index < -0.39 is 11.7 Å². The molecule has 1 aliphatic heterocycles. The zero-order valence-electron chi connectivity index (χ0n) is 12.2. The maximum atomic E-state index is 12.5. The third-order valence-electron chi connectivity index (χ3n) is 3.55. The summed E-state index contributed by atoms with van der Waals surface area (Å²) in [5.41, 5.74) is 4.69. The molecule has 0 bridgehead atoms. The van der Waals surface area contributed by atoms with Crippen molar-refractivity contribution in [3.05, 3.63) is 35.4 Å². The lowest BCUT2D eigenvalue weighted by molar-refractivity contribution is -0.137. The molecular formula is C14H17ClF3N3O2. The van der Waals surface area contributed by atoms with Crippen LogP contribution in [0.25, 0.3) is 0 Å². The summed E-state index contributed by atoms with van der Waals surface area (Å²) in [4.78, 5) is 26.7. The monoisotopic (exact) mass is 351 g/mol.